The van der Waals surface area contributed by atoms with Gasteiger partial charge >= 0.3 is 0 Å². The van der Waals surface area contributed by atoms with Gasteiger partial charge in [-0.3, -0.25) is 0 Å². The first-order valence-electron chi connectivity index (χ1n) is 5.82. The minimum Gasteiger partial charge on any atom is -0.390 e. The van der Waals surface area contributed by atoms with Crippen LogP contribution >= 0.6 is 0 Å². The molecule has 1 aliphatic rings. The Kier molecular flexibility index (Phi) is 3.59. The van der Waals surface area contributed by atoms with E-state index in [2.05, 4.69) is 20.8 Å². The zero-order chi connectivity index (χ0) is 10.8. The maximum Gasteiger partial charge on any atom is 0.0685 e. The van der Waals surface area contributed by atoms with Gasteiger partial charge in [-0.05, 0) is 43.6 Å². The van der Waals surface area contributed by atoms with E-state index in [9.17, 15) is 5.11 Å². The monoisotopic (exact) mass is 199 g/mol. The van der Waals surface area contributed by atoms with Gasteiger partial charge in [-0.25, -0.2) is 0 Å². The Morgan fingerprint density at radius 1 is 1.21 bits per heavy atom. The molecule has 0 saturated heterocycles. The van der Waals surface area contributed by atoms with Gasteiger partial charge in [0, 0.05) is 0 Å². The van der Waals surface area contributed by atoms with Gasteiger partial charge in [0.15, 0.2) is 0 Å². The molecule has 0 amide bonds. The molecule has 2 nitrogen and oxygen atoms in total. The van der Waals surface area contributed by atoms with Crippen LogP contribution in [0.4, 0.5) is 0 Å². The number of aliphatic hydroxyl groups is 1. The Labute approximate surface area is 87.9 Å². The predicted octanol–water partition coefficient (Wildman–Crippen LogP) is 2.30. The number of hydrogen-bond donors (Lipinski definition) is 2. The lowest BCUT2D eigenvalue weighted by molar-refractivity contribution is -0.0241. The molecule has 0 heterocycles. The fourth-order valence-electron chi connectivity index (χ4n) is 2.39. The fourth-order valence-corrected chi connectivity index (χ4v) is 2.39. The van der Waals surface area contributed by atoms with Gasteiger partial charge in [0.2, 0.25) is 0 Å². The van der Waals surface area contributed by atoms with Crippen molar-refractivity contribution >= 4 is 0 Å². The van der Waals surface area contributed by atoms with Crippen molar-refractivity contribution in [1.29, 1.82) is 0 Å². The van der Waals surface area contributed by atoms with Gasteiger partial charge in [0.05, 0.1) is 5.60 Å². The summed E-state index contributed by atoms with van der Waals surface area (Å²) in [5.41, 5.74) is 5.55. The zero-order valence-corrected chi connectivity index (χ0v) is 9.84. The highest BCUT2D eigenvalue weighted by molar-refractivity contribution is 4.90. The summed E-state index contributed by atoms with van der Waals surface area (Å²) < 4.78 is 0. The summed E-state index contributed by atoms with van der Waals surface area (Å²) in [4.78, 5) is 0. The smallest absolute Gasteiger partial charge is 0.0685 e. The van der Waals surface area contributed by atoms with Gasteiger partial charge in [-0.2, -0.15) is 0 Å². The van der Waals surface area contributed by atoms with Crippen molar-refractivity contribution < 1.29 is 5.11 Å². The molecule has 84 valence electrons. The normalized spacial score (nSPS) is 34.9. The van der Waals surface area contributed by atoms with Crippen molar-refractivity contribution in [2.24, 2.45) is 17.1 Å². The molecule has 2 atom stereocenters. The van der Waals surface area contributed by atoms with Crippen molar-refractivity contribution in [2.75, 3.05) is 6.54 Å². The molecular formula is C12H25NO. The molecule has 0 aromatic carbocycles. The van der Waals surface area contributed by atoms with Crippen LogP contribution in [0, 0.1) is 11.3 Å². The third-order valence-electron chi connectivity index (χ3n) is 3.97. The van der Waals surface area contributed by atoms with Crippen LogP contribution in [0.15, 0.2) is 0 Å². The van der Waals surface area contributed by atoms with Crippen LogP contribution in [0.3, 0.4) is 0 Å². The Hall–Kier alpha value is -0.0800. The highest BCUT2D eigenvalue weighted by Gasteiger charge is 2.37. The predicted molar refractivity (Wildman–Crippen MR) is 60.0 cm³/mol. The summed E-state index contributed by atoms with van der Waals surface area (Å²) >= 11 is 0. The topological polar surface area (TPSA) is 46.2 Å². The van der Waals surface area contributed by atoms with Gasteiger partial charge in [-0.15, -0.1) is 0 Å². The molecule has 3 N–H and O–H groups in total. The Balaban J connectivity index is 2.64. The van der Waals surface area contributed by atoms with E-state index in [-0.39, 0.29) is 5.92 Å². The molecule has 2 unspecified atom stereocenters. The van der Waals surface area contributed by atoms with E-state index >= 15 is 0 Å². The second-order valence-corrected chi connectivity index (χ2v) is 5.76. The maximum atomic E-state index is 10.5. The fraction of sp³-hybridized carbons (Fsp3) is 1.00. The van der Waals surface area contributed by atoms with Crippen LogP contribution in [0.2, 0.25) is 0 Å². The lowest BCUT2D eigenvalue weighted by Gasteiger charge is -2.33. The minimum absolute atomic E-state index is 0.233. The molecule has 0 aromatic heterocycles. The van der Waals surface area contributed by atoms with Crippen LogP contribution < -0.4 is 5.73 Å². The first kappa shape index (κ1) is 12.0. The molecule has 1 fully saturated rings. The molecular weight excluding hydrogens is 174 g/mol. The van der Waals surface area contributed by atoms with Gasteiger partial charge in [0.1, 0.15) is 0 Å². The lowest BCUT2D eigenvalue weighted by Crippen LogP contribution is -2.40. The second-order valence-electron chi connectivity index (χ2n) is 5.76. The van der Waals surface area contributed by atoms with E-state index in [1.807, 2.05) is 0 Å². The molecule has 1 saturated carbocycles. The molecule has 0 aromatic rings. The molecule has 2 heteroatoms. The van der Waals surface area contributed by atoms with Crippen molar-refractivity contribution in [3.05, 3.63) is 0 Å². The van der Waals surface area contributed by atoms with Crippen molar-refractivity contribution in [2.45, 2.75) is 58.5 Å². The van der Waals surface area contributed by atoms with Crippen LogP contribution in [0.5, 0.6) is 0 Å². The van der Waals surface area contributed by atoms with E-state index in [1.165, 1.54) is 6.42 Å². The summed E-state index contributed by atoms with van der Waals surface area (Å²) in [6.45, 7) is 7.26. The molecule has 1 rings (SSSR count). The Morgan fingerprint density at radius 3 is 2.43 bits per heavy atom. The Bertz CT molecular complexity index is 191. The van der Waals surface area contributed by atoms with E-state index in [0.29, 0.717) is 12.0 Å². The first-order valence-corrected chi connectivity index (χ1v) is 5.82. The van der Waals surface area contributed by atoms with Crippen LogP contribution in [0.1, 0.15) is 52.9 Å². The van der Waals surface area contributed by atoms with Crippen molar-refractivity contribution in [3.63, 3.8) is 0 Å². The van der Waals surface area contributed by atoms with Crippen molar-refractivity contribution in [3.8, 4) is 0 Å². The number of rotatable bonds is 2. The second kappa shape index (κ2) is 4.19. The average Bonchev–Trinajstić information content (AvgIpc) is 2.26. The van der Waals surface area contributed by atoms with E-state index in [0.717, 1.165) is 25.7 Å². The summed E-state index contributed by atoms with van der Waals surface area (Å²) in [7, 11) is 0. The van der Waals surface area contributed by atoms with Crippen molar-refractivity contribution in [1.82, 2.24) is 0 Å². The largest absolute Gasteiger partial charge is 0.390 e. The third-order valence-corrected chi connectivity index (χ3v) is 3.97. The third kappa shape index (κ3) is 2.71. The molecule has 0 bridgehead atoms. The molecule has 0 radical (unpaired) electrons. The first-order chi connectivity index (χ1) is 6.40. The minimum atomic E-state index is -0.497. The summed E-state index contributed by atoms with van der Waals surface area (Å²) in [5, 5.41) is 10.5. The number of nitrogens with two attached hydrogens (primary N) is 1. The summed E-state index contributed by atoms with van der Waals surface area (Å²) in [6.07, 6.45) is 5.32. The number of hydrogen-bond acceptors (Lipinski definition) is 2. The van der Waals surface area contributed by atoms with Crippen LogP contribution in [-0.4, -0.2) is 17.3 Å². The summed E-state index contributed by atoms with van der Waals surface area (Å²) in [6, 6.07) is 0. The zero-order valence-electron chi connectivity index (χ0n) is 9.84. The average molecular weight is 199 g/mol. The highest BCUT2D eigenvalue weighted by atomic mass is 16.3. The van der Waals surface area contributed by atoms with Gasteiger partial charge in [0.25, 0.3) is 0 Å². The van der Waals surface area contributed by atoms with E-state index in [1.54, 1.807) is 0 Å². The van der Waals surface area contributed by atoms with Crippen LogP contribution in [0.25, 0.3) is 0 Å². The Morgan fingerprint density at radius 2 is 1.86 bits per heavy atom. The quantitative estimate of drug-likeness (QED) is 0.670. The SMILES string of the molecule is CC(CN)C1(O)CCCC(C)(C)CC1. The molecule has 0 aliphatic heterocycles. The summed E-state index contributed by atoms with van der Waals surface area (Å²) in [5.74, 6) is 0.233. The van der Waals surface area contributed by atoms with Crippen LogP contribution in [-0.2, 0) is 0 Å². The van der Waals surface area contributed by atoms with Gasteiger partial charge in [-0.1, -0.05) is 27.2 Å². The highest BCUT2D eigenvalue weighted by Crippen LogP contribution is 2.40. The molecule has 0 spiro atoms. The molecule has 1 aliphatic carbocycles. The van der Waals surface area contributed by atoms with Gasteiger partial charge < -0.3 is 10.8 Å². The standard InChI is InChI=1S/C12H25NO/c1-10(9-13)12(14)6-4-5-11(2,3)7-8-12/h10,14H,4-9,13H2,1-3H3. The lowest BCUT2D eigenvalue weighted by atomic mass is 9.80. The molecule has 14 heavy (non-hydrogen) atoms. The van der Waals surface area contributed by atoms with E-state index in [4.69, 9.17) is 5.73 Å². The van der Waals surface area contributed by atoms with E-state index < -0.39 is 5.60 Å². The maximum absolute atomic E-state index is 10.5.